The van der Waals surface area contributed by atoms with Crippen LogP contribution in [-0.2, 0) is 4.79 Å². The third-order valence-electron chi connectivity index (χ3n) is 4.12. The van der Waals surface area contributed by atoms with Gasteiger partial charge in [-0.05, 0) is 43.9 Å². The van der Waals surface area contributed by atoms with Crippen molar-refractivity contribution in [3.63, 3.8) is 0 Å². The molecule has 2 fully saturated rings. The molecule has 2 aliphatic rings. The van der Waals surface area contributed by atoms with Crippen LogP contribution in [-0.4, -0.2) is 24.0 Å². The summed E-state index contributed by atoms with van der Waals surface area (Å²) in [6, 6.07) is 0.895. The molecule has 17 heavy (non-hydrogen) atoms. The average Bonchev–Trinajstić information content (AvgIpc) is 2.94. The van der Waals surface area contributed by atoms with Gasteiger partial charge in [-0.3, -0.25) is 4.79 Å². The van der Waals surface area contributed by atoms with Crippen LogP contribution in [0.15, 0.2) is 0 Å². The number of carbonyl (C=O) groups excluding carboxylic acids is 1. The molecule has 0 radical (unpaired) electrons. The molecule has 2 aliphatic carbocycles. The fourth-order valence-electron chi connectivity index (χ4n) is 3.07. The lowest BCUT2D eigenvalue weighted by Gasteiger charge is -2.23. The van der Waals surface area contributed by atoms with E-state index in [9.17, 15) is 4.79 Å². The van der Waals surface area contributed by atoms with Gasteiger partial charge in [-0.2, -0.15) is 0 Å². The molecule has 0 saturated heterocycles. The minimum Gasteiger partial charge on any atom is -0.352 e. The summed E-state index contributed by atoms with van der Waals surface area (Å²) in [5.41, 5.74) is 0.420. The van der Waals surface area contributed by atoms with Crippen LogP contribution >= 0.6 is 0 Å². The van der Waals surface area contributed by atoms with Crippen molar-refractivity contribution in [3.05, 3.63) is 0 Å². The molecule has 0 spiro atoms. The SMILES string of the molecule is CC(NC1CC(C)(C)CC1C)C(=O)NC1CC1. The number of rotatable bonds is 4. The summed E-state index contributed by atoms with van der Waals surface area (Å²) in [5, 5.41) is 6.57. The molecule has 3 unspecified atom stereocenters. The summed E-state index contributed by atoms with van der Waals surface area (Å²) < 4.78 is 0. The second kappa shape index (κ2) is 4.60. The molecule has 1 amide bonds. The van der Waals surface area contributed by atoms with Crippen LogP contribution in [0.25, 0.3) is 0 Å². The summed E-state index contributed by atoms with van der Waals surface area (Å²) in [5.74, 6) is 0.839. The monoisotopic (exact) mass is 238 g/mol. The Balaban J connectivity index is 1.81. The fourth-order valence-corrected chi connectivity index (χ4v) is 3.07. The largest absolute Gasteiger partial charge is 0.352 e. The van der Waals surface area contributed by atoms with Crippen molar-refractivity contribution in [2.45, 2.75) is 71.5 Å². The van der Waals surface area contributed by atoms with E-state index in [1.54, 1.807) is 0 Å². The Hall–Kier alpha value is -0.570. The zero-order valence-electron chi connectivity index (χ0n) is 11.5. The van der Waals surface area contributed by atoms with E-state index in [0.29, 0.717) is 23.4 Å². The van der Waals surface area contributed by atoms with Crippen LogP contribution in [0.1, 0.15) is 53.4 Å². The lowest BCUT2D eigenvalue weighted by Crippen LogP contribution is -2.48. The predicted molar refractivity (Wildman–Crippen MR) is 69.7 cm³/mol. The van der Waals surface area contributed by atoms with Crippen molar-refractivity contribution in [2.24, 2.45) is 11.3 Å². The van der Waals surface area contributed by atoms with Gasteiger partial charge < -0.3 is 10.6 Å². The van der Waals surface area contributed by atoms with Gasteiger partial charge in [0.25, 0.3) is 0 Å². The van der Waals surface area contributed by atoms with Gasteiger partial charge in [0, 0.05) is 12.1 Å². The van der Waals surface area contributed by atoms with E-state index < -0.39 is 0 Å². The van der Waals surface area contributed by atoms with Crippen LogP contribution in [0, 0.1) is 11.3 Å². The van der Waals surface area contributed by atoms with E-state index in [-0.39, 0.29) is 11.9 Å². The maximum absolute atomic E-state index is 11.9. The van der Waals surface area contributed by atoms with E-state index in [0.717, 1.165) is 12.8 Å². The molecule has 3 atom stereocenters. The van der Waals surface area contributed by atoms with E-state index >= 15 is 0 Å². The van der Waals surface area contributed by atoms with E-state index in [2.05, 4.69) is 31.4 Å². The van der Waals surface area contributed by atoms with Gasteiger partial charge in [0.05, 0.1) is 6.04 Å². The quantitative estimate of drug-likeness (QED) is 0.787. The second-order valence-electron chi connectivity index (χ2n) is 6.83. The molecule has 2 N–H and O–H groups in total. The van der Waals surface area contributed by atoms with Crippen LogP contribution in [0.2, 0.25) is 0 Å². The molecule has 0 aliphatic heterocycles. The van der Waals surface area contributed by atoms with Crippen molar-refractivity contribution in [1.29, 1.82) is 0 Å². The summed E-state index contributed by atoms with van der Waals surface area (Å²) in [7, 11) is 0. The van der Waals surface area contributed by atoms with Gasteiger partial charge in [0.2, 0.25) is 5.91 Å². The third kappa shape index (κ3) is 3.44. The molecule has 0 bridgehead atoms. The number of nitrogens with one attached hydrogen (secondary N) is 2. The summed E-state index contributed by atoms with van der Waals surface area (Å²) in [6.45, 7) is 8.91. The lowest BCUT2D eigenvalue weighted by molar-refractivity contribution is -0.123. The molecular weight excluding hydrogens is 212 g/mol. The second-order valence-corrected chi connectivity index (χ2v) is 6.83. The normalized spacial score (nSPS) is 33.4. The topological polar surface area (TPSA) is 41.1 Å². The minimum atomic E-state index is -0.0584. The van der Waals surface area contributed by atoms with Crippen molar-refractivity contribution in [3.8, 4) is 0 Å². The van der Waals surface area contributed by atoms with Gasteiger partial charge in [-0.25, -0.2) is 0 Å². The highest BCUT2D eigenvalue weighted by molar-refractivity contribution is 5.81. The van der Waals surface area contributed by atoms with Gasteiger partial charge in [-0.1, -0.05) is 20.8 Å². The van der Waals surface area contributed by atoms with Crippen molar-refractivity contribution >= 4 is 5.91 Å². The van der Waals surface area contributed by atoms with Gasteiger partial charge >= 0.3 is 0 Å². The highest BCUT2D eigenvalue weighted by Crippen LogP contribution is 2.40. The molecule has 3 heteroatoms. The summed E-state index contributed by atoms with van der Waals surface area (Å²) in [4.78, 5) is 11.9. The first kappa shape index (κ1) is 12.9. The average molecular weight is 238 g/mol. The Morgan fingerprint density at radius 1 is 1.29 bits per heavy atom. The Morgan fingerprint density at radius 2 is 1.94 bits per heavy atom. The number of amides is 1. The predicted octanol–water partition coefficient (Wildman–Crippen LogP) is 2.07. The molecule has 0 aromatic carbocycles. The molecule has 3 nitrogen and oxygen atoms in total. The molecule has 98 valence electrons. The van der Waals surface area contributed by atoms with Crippen molar-refractivity contribution in [2.75, 3.05) is 0 Å². The van der Waals surface area contributed by atoms with Crippen LogP contribution in [0.4, 0.5) is 0 Å². The molecular formula is C14H26N2O. The maximum Gasteiger partial charge on any atom is 0.237 e. The fraction of sp³-hybridized carbons (Fsp3) is 0.929. The van der Waals surface area contributed by atoms with E-state index in [1.807, 2.05) is 6.92 Å². The lowest BCUT2D eigenvalue weighted by atomic mass is 9.91. The maximum atomic E-state index is 11.9. The van der Waals surface area contributed by atoms with Gasteiger partial charge in [0.15, 0.2) is 0 Å². The van der Waals surface area contributed by atoms with Gasteiger partial charge in [-0.15, -0.1) is 0 Å². The standard InChI is InChI=1S/C14H26N2O/c1-9-7-14(3,4)8-12(9)15-10(2)13(17)16-11-5-6-11/h9-12,15H,5-8H2,1-4H3,(H,16,17). The van der Waals surface area contributed by atoms with E-state index in [1.165, 1.54) is 12.8 Å². The number of hydrogen-bond acceptors (Lipinski definition) is 2. The number of hydrogen-bond donors (Lipinski definition) is 2. The van der Waals surface area contributed by atoms with Gasteiger partial charge in [0.1, 0.15) is 0 Å². The molecule has 2 rings (SSSR count). The first-order valence-corrected chi connectivity index (χ1v) is 6.94. The zero-order chi connectivity index (χ0) is 12.6. The van der Waals surface area contributed by atoms with E-state index in [4.69, 9.17) is 0 Å². The Labute approximate surface area is 105 Å². The Kier molecular flexibility index (Phi) is 3.48. The number of carbonyl (C=O) groups is 1. The zero-order valence-corrected chi connectivity index (χ0v) is 11.5. The first-order valence-electron chi connectivity index (χ1n) is 6.94. The third-order valence-corrected chi connectivity index (χ3v) is 4.12. The Bertz CT molecular complexity index is 297. The van der Waals surface area contributed by atoms with Crippen LogP contribution in [0.3, 0.4) is 0 Å². The van der Waals surface area contributed by atoms with Crippen molar-refractivity contribution in [1.82, 2.24) is 10.6 Å². The molecule has 0 heterocycles. The summed E-state index contributed by atoms with van der Waals surface area (Å²) in [6.07, 6.45) is 4.74. The first-order chi connectivity index (χ1) is 7.87. The molecule has 2 saturated carbocycles. The minimum absolute atomic E-state index is 0.0584. The van der Waals surface area contributed by atoms with Crippen molar-refractivity contribution < 1.29 is 4.79 Å². The van der Waals surface area contributed by atoms with Crippen LogP contribution < -0.4 is 10.6 Å². The highest BCUT2D eigenvalue weighted by Gasteiger charge is 2.38. The Morgan fingerprint density at radius 3 is 2.41 bits per heavy atom. The van der Waals surface area contributed by atoms with Crippen LogP contribution in [0.5, 0.6) is 0 Å². The summed E-state index contributed by atoms with van der Waals surface area (Å²) >= 11 is 0. The molecule has 0 aromatic rings. The highest BCUT2D eigenvalue weighted by atomic mass is 16.2. The molecule has 0 aromatic heterocycles. The smallest absolute Gasteiger partial charge is 0.237 e.